The molecule has 1 fully saturated rings. The van der Waals surface area contributed by atoms with Crippen molar-refractivity contribution >= 4 is 0 Å². The fraction of sp³-hybridized carbons (Fsp3) is 0.400. The van der Waals surface area contributed by atoms with Crippen LogP contribution in [0, 0.1) is 0 Å². The van der Waals surface area contributed by atoms with Gasteiger partial charge in [-0.1, -0.05) is 30.3 Å². The van der Waals surface area contributed by atoms with Gasteiger partial charge in [0.1, 0.15) is 12.2 Å². The predicted octanol–water partition coefficient (Wildman–Crippen LogP) is 1.77. The number of ether oxygens (including phenoxy) is 2. The van der Waals surface area contributed by atoms with Crippen LogP contribution in [0.2, 0.25) is 0 Å². The molecule has 12 heavy (non-hydrogen) atoms. The van der Waals surface area contributed by atoms with Gasteiger partial charge >= 0.3 is 0 Å². The van der Waals surface area contributed by atoms with Crippen molar-refractivity contribution in [3.05, 3.63) is 35.9 Å². The Labute approximate surface area is 72.1 Å². The molecule has 0 aromatic heterocycles. The molecule has 0 bridgehead atoms. The van der Waals surface area contributed by atoms with Crippen molar-refractivity contribution in [1.29, 1.82) is 0 Å². The molecule has 0 saturated carbocycles. The van der Waals surface area contributed by atoms with Gasteiger partial charge in [-0.25, -0.2) is 0 Å². The SMILES string of the molecule is COC1COC1c1ccccc1. The summed E-state index contributed by atoms with van der Waals surface area (Å²) in [6.45, 7) is 0.718. The van der Waals surface area contributed by atoms with Crippen LogP contribution in [-0.4, -0.2) is 19.8 Å². The highest BCUT2D eigenvalue weighted by Gasteiger charge is 2.32. The Morgan fingerprint density at radius 1 is 1.33 bits per heavy atom. The Balaban J connectivity index is 2.11. The summed E-state index contributed by atoms with van der Waals surface area (Å²) in [5, 5.41) is 0. The first-order chi connectivity index (χ1) is 5.92. The summed E-state index contributed by atoms with van der Waals surface area (Å²) in [4.78, 5) is 0. The van der Waals surface area contributed by atoms with E-state index in [1.165, 1.54) is 5.56 Å². The summed E-state index contributed by atoms with van der Waals surface area (Å²) < 4.78 is 10.6. The lowest BCUT2D eigenvalue weighted by Crippen LogP contribution is -2.39. The van der Waals surface area contributed by atoms with E-state index in [1.807, 2.05) is 18.2 Å². The van der Waals surface area contributed by atoms with Crippen molar-refractivity contribution in [2.45, 2.75) is 12.2 Å². The first kappa shape index (κ1) is 7.77. The Morgan fingerprint density at radius 2 is 2.08 bits per heavy atom. The van der Waals surface area contributed by atoms with Gasteiger partial charge in [-0.3, -0.25) is 0 Å². The first-order valence-electron chi connectivity index (χ1n) is 4.11. The van der Waals surface area contributed by atoms with Crippen LogP contribution in [0.4, 0.5) is 0 Å². The Hall–Kier alpha value is -0.860. The zero-order valence-corrected chi connectivity index (χ0v) is 7.07. The minimum atomic E-state index is 0.149. The molecular weight excluding hydrogens is 152 g/mol. The number of hydrogen-bond acceptors (Lipinski definition) is 2. The van der Waals surface area contributed by atoms with E-state index < -0.39 is 0 Å². The molecule has 1 heterocycles. The predicted molar refractivity (Wildman–Crippen MR) is 45.9 cm³/mol. The molecule has 2 nitrogen and oxygen atoms in total. The molecule has 0 spiro atoms. The molecule has 1 aromatic rings. The molecule has 1 saturated heterocycles. The van der Waals surface area contributed by atoms with E-state index in [9.17, 15) is 0 Å². The molecule has 1 aliphatic heterocycles. The lowest BCUT2D eigenvalue weighted by molar-refractivity contribution is -0.179. The van der Waals surface area contributed by atoms with E-state index in [0.717, 1.165) is 6.61 Å². The van der Waals surface area contributed by atoms with Crippen LogP contribution in [0.5, 0.6) is 0 Å². The van der Waals surface area contributed by atoms with Crippen molar-refractivity contribution in [2.24, 2.45) is 0 Å². The highest BCUT2D eigenvalue weighted by molar-refractivity contribution is 5.20. The van der Waals surface area contributed by atoms with Gasteiger partial charge in [-0.2, -0.15) is 0 Å². The van der Waals surface area contributed by atoms with E-state index in [2.05, 4.69) is 12.1 Å². The number of hydrogen-bond donors (Lipinski definition) is 0. The van der Waals surface area contributed by atoms with Gasteiger partial charge in [0.2, 0.25) is 0 Å². The fourth-order valence-corrected chi connectivity index (χ4v) is 1.42. The highest BCUT2D eigenvalue weighted by Crippen LogP contribution is 2.31. The van der Waals surface area contributed by atoms with Gasteiger partial charge in [-0.15, -0.1) is 0 Å². The number of rotatable bonds is 2. The smallest absolute Gasteiger partial charge is 0.111 e. The van der Waals surface area contributed by atoms with Crippen LogP contribution in [0.3, 0.4) is 0 Å². The maximum atomic E-state index is 5.40. The van der Waals surface area contributed by atoms with Crippen LogP contribution in [0.15, 0.2) is 30.3 Å². The molecule has 64 valence electrons. The molecule has 0 amide bonds. The van der Waals surface area contributed by atoms with Gasteiger partial charge in [0.25, 0.3) is 0 Å². The van der Waals surface area contributed by atoms with Crippen molar-refractivity contribution in [1.82, 2.24) is 0 Å². The van der Waals surface area contributed by atoms with E-state index in [-0.39, 0.29) is 12.2 Å². The maximum absolute atomic E-state index is 5.40. The summed E-state index contributed by atoms with van der Waals surface area (Å²) in [5.74, 6) is 0. The normalized spacial score (nSPS) is 28.1. The summed E-state index contributed by atoms with van der Waals surface area (Å²) in [6, 6.07) is 10.2. The Morgan fingerprint density at radius 3 is 2.58 bits per heavy atom. The van der Waals surface area contributed by atoms with Gasteiger partial charge in [0.15, 0.2) is 0 Å². The zero-order chi connectivity index (χ0) is 8.39. The minimum Gasteiger partial charge on any atom is -0.376 e. The van der Waals surface area contributed by atoms with Crippen LogP contribution >= 0.6 is 0 Å². The molecular formula is C10H12O2. The van der Waals surface area contributed by atoms with Crippen molar-refractivity contribution in [3.63, 3.8) is 0 Å². The van der Waals surface area contributed by atoms with Crippen LogP contribution < -0.4 is 0 Å². The Kier molecular flexibility index (Phi) is 2.11. The third-order valence-corrected chi connectivity index (χ3v) is 2.21. The van der Waals surface area contributed by atoms with E-state index in [1.54, 1.807) is 7.11 Å². The summed E-state index contributed by atoms with van der Waals surface area (Å²) in [6.07, 6.45) is 0.392. The average molecular weight is 164 g/mol. The molecule has 2 heteroatoms. The van der Waals surface area contributed by atoms with Gasteiger partial charge in [0.05, 0.1) is 6.61 Å². The first-order valence-corrected chi connectivity index (χ1v) is 4.11. The van der Waals surface area contributed by atoms with Gasteiger partial charge in [0, 0.05) is 7.11 Å². The molecule has 0 aliphatic carbocycles. The third-order valence-electron chi connectivity index (χ3n) is 2.21. The lowest BCUT2D eigenvalue weighted by atomic mass is 10.0. The number of benzene rings is 1. The number of methoxy groups -OCH3 is 1. The molecule has 1 aromatic carbocycles. The zero-order valence-electron chi connectivity index (χ0n) is 7.07. The molecule has 2 unspecified atom stereocenters. The summed E-state index contributed by atoms with van der Waals surface area (Å²) in [5.41, 5.74) is 1.20. The topological polar surface area (TPSA) is 18.5 Å². The van der Waals surface area contributed by atoms with Crippen LogP contribution in [0.25, 0.3) is 0 Å². The maximum Gasteiger partial charge on any atom is 0.111 e. The van der Waals surface area contributed by atoms with Gasteiger partial charge < -0.3 is 9.47 Å². The second-order valence-electron chi connectivity index (χ2n) is 2.94. The van der Waals surface area contributed by atoms with E-state index in [0.29, 0.717) is 0 Å². The second-order valence-corrected chi connectivity index (χ2v) is 2.94. The molecule has 2 rings (SSSR count). The minimum absolute atomic E-state index is 0.149. The monoisotopic (exact) mass is 164 g/mol. The molecule has 2 atom stereocenters. The summed E-state index contributed by atoms with van der Waals surface area (Å²) in [7, 11) is 1.73. The average Bonchev–Trinajstić information content (AvgIpc) is 2.05. The molecule has 1 aliphatic rings. The van der Waals surface area contributed by atoms with E-state index in [4.69, 9.17) is 9.47 Å². The Bertz CT molecular complexity index is 243. The van der Waals surface area contributed by atoms with Crippen molar-refractivity contribution in [2.75, 3.05) is 13.7 Å². The van der Waals surface area contributed by atoms with E-state index >= 15 is 0 Å². The highest BCUT2D eigenvalue weighted by atomic mass is 16.6. The molecule has 0 radical (unpaired) electrons. The largest absolute Gasteiger partial charge is 0.376 e. The lowest BCUT2D eigenvalue weighted by Gasteiger charge is -2.35. The fourth-order valence-electron chi connectivity index (χ4n) is 1.42. The third kappa shape index (κ3) is 1.24. The van der Waals surface area contributed by atoms with Crippen molar-refractivity contribution < 1.29 is 9.47 Å². The van der Waals surface area contributed by atoms with Gasteiger partial charge in [-0.05, 0) is 5.56 Å². The van der Waals surface area contributed by atoms with Crippen LogP contribution in [-0.2, 0) is 9.47 Å². The molecule has 0 N–H and O–H groups in total. The summed E-state index contributed by atoms with van der Waals surface area (Å²) >= 11 is 0. The second kappa shape index (κ2) is 3.25. The standard InChI is InChI=1S/C10H12O2/c1-11-9-7-12-10(9)8-5-3-2-4-6-8/h2-6,9-10H,7H2,1H3. The quantitative estimate of drug-likeness (QED) is 0.663. The van der Waals surface area contributed by atoms with Crippen LogP contribution in [0.1, 0.15) is 11.7 Å². The van der Waals surface area contributed by atoms with Crippen molar-refractivity contribution in [3.8, 4) is 0 Å².